The number of nitrogens with zero attached hydrogens (tertiary/aromatic N) is 2. The smallest absolute Gasteiger partial charge is 0.295 e. The van der Waals surface area contributed by atoms with Crippen LogP contribution in [0.3, 0.4) is 0 Å². The number of carbonyl (C=O) groups excluding carboxylic acids is 2. The van der Waals surface area contributed by atoms with Gasteiger partial charge in [-0.25, -0.2) is 0 Å². The second-order valence-electron chi connectivity index (χ2n) is 7.14. The lowest BCUT2D eigenvalue weighted by atomic mass is 9.97. The molecule has 8 heteroatoms. The van der Waals surface area contributed by atoms with Crippen molar-refractivity contribution in [1.82, 2.24) is 9.88 Å². The van der Waals surface area contributed by atoms with Gasteiger partial charge >= 0.3 is 0 Å². The number of hydrogen-bond acceptors (Lipinski definition) is 6. The molecule has 1 N–H and O–H groups in total. The van der Waals surface area contributed by atoms with Crippen molar-refractivity contribution in [3.63, 3.8) is 0 Å². The molecule has 1 aliphatic heterocycles. The molecule has 2 heterocycles. The topological polar surface area (TPSA) is 89.0 Å². The Labute approximate surface area is 186 Å². The zero-order valence-corrected chi connectivity index (χ0v) is 18.5. The van der Waals surface area contributed by atoms with E-state index >= 15 is 0 Å². The summed E-state index contributed by atoms with van der Waals surface area (Å²) in [5.41, 5.74) is 0.652. The van der Waals surface area contributed by atoms with E-state index in [1.165, 1.54) is 31.3 Å². The molecular formula is C23H25ClN2O5. The van der Waals surface area contributed by atoms with E-state index < -0.39 is 17.7 Å². The van der Waals surface area contributed by atoms with Crippen LogP contribution in [0.15, 0.2) is 42.1 Å². The fraction of sp³-hybridized carbons (Fsp3) is 0.348. The van der Waals surface area contributed by atoms with Crippen LogP contribution < -0.4 is 9.47 Å². The van der Waals surface area contributed by atoms with Crippen molar-refractivity contribution < 1.29 is 24.2 Å². The summed E-state index contributed by atoms with van der Waals surface area (Å²) in [7, 11) is 2.89. The van der Waals surface area contributed by atoms with Crippen LogP contribution in [0.25, 0.3) is 5.76 Å². The van der Waals surface area contributed by atoms with Gasteiger partial charge in [0.1, 0.15) is 23.3 Å². The Morgan fingerprint density at radius 2 is 1.90 bits per heavy atom. The molecule has 0 spiro atoms. The van der Waals surface area contributed by atoms with Crippen molar-refractivity contribution in [2.24, 2.45) is 0 Å². The molecule has 7 nitrogen and oxygen atoms in total. The summed E-state index contributed by atoms with van der Waals surface area (Å²) >= 11 is 6.25. The number of ether oxygens (including phenoxy) is 2. The number of methoxy groups -OCH3 is 2. The predicted octanol–water partition coefficient (Wildman–Crippen LogP) is 4.36. The Morgan fingerprint density at radius 3 is 2.52 bits per heavy atom. The van der Waals surface area contributed by atoms with Gasteiger partial charge in [0.15, 0.2) is 0 Å². The second kappa shape index (κ2) is 9.83. The van der Waals surface area contributed by atoms with E-state index in [0.29, 0.717) is 18.0 Å². The molecule has 0 aliphatic carbocycles. The second-order valence-corrected chi connectivity index (χ2v) is 7.55. The molecule has 0 bridgehead atoms. The Bertz CT molecular complexity index is 1010. The maximum atomic E-state index is 13.0. The first kappa shape index (κ1) is 22.6. The van der Waals surface area contributed by atoms with E-state index in [9.17, 15) is 14.7 Å². The molecule has 1 saturated heterocycles. The first-order valence-corrected chi connectivity index (χ1v) is 10.4. The van der Waals surface area contributed by atoms with Crippen molar-refractivity contribution in [2.75, 3.05) is 20.8 Å². The Hall–Kier alpha value is -3.06. The molecule has 1 amide bonds. The van der Waals surface area contributed by atoms with Crippen molar-refractivity contribution in [3.05, 3.63) is 58.4 Å². The summed E-state index contributed by atoms with van der Waals surface area (Å²) in [5, 5.41) is 11.4. The zero-order chi connectivity index (χ0) is 22.5. The Morgan fingerprint density at radius 1 is 1.16 bits per heavy atom. The number of Topliss-reactive ketones (excluding diaryl/α,β-unsaturated/α-hetero) is 1. The highest BCUT2D eigenvalue weighted by molar-refractivity contribution is 6.46. The van der Waals surface area contributed by atoms with Gasteiger partial charge in [-0.2, -0.15) is 0 Å². The van der Waals surface area contributed by atoms with Crippen LogP contribution in [-0.2, 0) is 9.59 Å². The van der Waals surface area contributed by atoms with Gasteiger partial charge < -0.3 is 19.5 Å². The summed E-state index contributed by atoms with van der Waals surface area (Å²) in [4.78, 5) is 31.7. The maximum Gasteiger partial charge on any atom is 0.295 e. The first-order chi connectivity index (χ1) is 14.9. The molecule has 0 saturated carbocycles. The minimum absolute atomic E-state index is 0.0419. The van der Waals surface area contributed by atoms with Crippen LogP contribution in [0.4, 0.5) is 0 Å². The maximum absolute atomic E-state index is 13.0. The van der Waals surface area contributed by atoms with Gasteiger partial charge in [0.2, 0.25) is 0 Å². The summed E-state index contributed by atoms with van der Waals surface area (Å²) in [6.07, 6.45) is 4.22. The number of ketones is 1. The normalized spacial score (nSPS) is 17.8. The quantitative estimate of drug-likeness (QED) is 0.281. The molecule has 3 rings (SSSR count). The number of rotatable bonds is 8. The molecule has 1 aromatic carbocycles. The lowest BCUT2D eigenvalue weighted by Crippen LogP contribution is -2.31. The van der Waals surface area contributed by atoms with Gasteiger partial charge in [0.05, 0.1) is 36.1 Å². The van der Waals surface area contributed by atoms with Gasteiger partial charge in [-0.3, -0.25) is 14.6 Å². The fourth-order valence-electron chi connectivity index (χ4n) is 3.68. The first-order valence-electron chi connectivity index (χ1n) is 10.1. The third kappa shape index (κ3) is 4.37. The number of halogens is 1. The molecule has 31 heavy (non-hydrogen) atoms. The number of aromatic nitrogens is 1. The minimum atomic E-state index is -0.802. The van der Waals surface area contributed by atoms with Crippen LogP contribution in [0.5, 0.6) is 11.5 Å². The lowest BCUT2D eigenvalue weighted by Gasteiger charge is -2.24. The van der Waals surface area contributed by atoms with Gasteiger partial charge in [-0.15, -0.1) is 0 Å². The third-order valence-electron chi connectivity index (χ3n) is 5.24. The molecule has 1 atom stereocenters. The van der Waals surface area contributed by atoms with Crippen LogP contribution in [-0.4, -0.2) is 47.4 Å². The van der Waals surface area contributed by atoms with Crippen LogP contribution in [0.1, 0.15) is 43.5 Å². The monoisotopic (exact) mass is 444 g/mol. The van der Waals surface area contributed by atoms with Crippen LogP contribution in [0, 0.1) is 0 Å². The number of pyridine rings is 1. The standard InChI is InChI=1S/C23H25ClN2O5/c1-4-5-8-11-26-20(16-9-6-7-10-25-16)19(22(28)23(26)29)21(27)14-12-15(24)18(31-3)13-17(14)30-2/h6-7,9-10,12-13,20,27H,4-5,8,11H2,1-3H3/b21-19+. The highest BCUT2D eigenvalue weighted by atomic mass is 35.5. The number of aliphatic hydroxyl groups is 1. The zero-order valence-electron chi connectivity index (χ0n) is 17.7. The molecule has 0 radical (unpaired) electrons. The highest BCUT2D eigenvalue weighted by Gasteiger charge is 2.46. The van der Waals surface area contributed by atoms with Crippen molar-refractivity contribution in [3.8, 4) is 11.5 Å². The van der Waals surface area contributed by atoms with E-state index in [2.05, 4.69) is 11.9 Å². The number of aliphatic hydroxyl groups excluding tert-OH is 1. The van der Waals surface area contributed by atoms with Gasteiger partial charge in [-0.05, 0) is 24.6 Å². The molecule has 1 aliphatic rings. The molecule has 1 fully saturated rings. The van der Waals surface area contributed by atoms with E-state index in [4.69, 9.17) is 21.1 Å². The van der Waals surface area contributed by atoms with Crippen molar-refractivity contribution >= 4 is 29.1 Å². The van der Waals surface area contributed by atoms with Gasteiger partial charge in [0.25, 0.3) is 11.7 Å². The van der Waals surface area contributed by atoms with Crippen LogP contribution in [0.2, 0.25) is 5.02 Å². The minimum Gasteiger partial charge on any atom is -0.507 e. The largest absolute Gasteiger partial charge is 0.507 e. The predicted molar refractivity (Wildman–Crippen MR) is 117 cm³/mol. The van der Waals surface area contributed by atoms with Gasteiger partial charge in [-0.1, -0.05) is 37.4 Å². The van der Waals surface area contributed by atoms with Crippen molar-refractivity contribution in [1.29, 1.82) is 0 Å². The molecule has 2 aromatic rings. The number of amides is 1. The summed E-state index contributed by atoms with van der Waals surface area (Å²) in [5.74, 6) is -1.18. The molecule has 1 aromatic heterocycles. The average molecular weight is 445 g/mol. The summed E-state index contributed by atoms with van der Waals surface area (Å²) in [6, 6.07) is 7.43. The van der Waals surface area contributed by atoms with E-state index in [0.717, 1.165) is 19.3 Å². The molecule has 164 valence electrons. The Kier molecular flexibility index (Phi) is 7.17. The van der Waals surface area contributed by atoms with E-state index in [-0.39, 0.29) is 27.7 Å². The molecular weight excluding hydrogens is 420 g/mol. The number of carbonyl (C=O) groups is 2. The summed E-state index contributed by atoms with van der Waals surface area (Å²) in [6.45, 7) is 2.45. The SMILES string of the molecule is CCCCCN1C(=O)C(=O)/C(=C(/O)c2cc(Cl)c(OC)cc2OC)C1c1ccccn1. The fourth-order valence-corrected chi connectivity index (χ4v) is 3.92. The number of likely N-dealkylation sites (tertiary alicyclic amines) is 1. The third-order valence-corrected chi connectivity index (χ3v) is 5.53. The number of benzene rings is 1. The highest BCUT2D eigenvalue weighted by Crippen LogP contribution is 2.42. The van der Waals surface area contributed by atoms with Crippen molar-refractivity contribution in [2.45, 2.75) is 32.2 Å². The van der Waals surface area contributed by atoms with Crippen LogP contribution >= 0.6 is 11.6 Å². The number of hydrogen-bond donors (Lipinski definition) is 1. The Balaban J connectivity index is 2.18. The average Bonchev–Trinajstić information content (AvgIpc) is 3.04. The molecule has 1 unspecified atom stereocenters. The van der Waals surface area contributed by atoms with Gasteiger partial charge in [0, 0.05) is 18.8 Å². The van der Waals surface area contributed by atoms with E-state index in [1.807, 2.05) is 0 Å². The number of unbranched alkanes of at least 4 members (excludes halogenated alkanes) is 2. The van der Waals surface area contributed by atoms with E-state index in [1.54, 1.807) is 24.4 Å². The summed E-state index contributed by atoms with van der Waals surface area (Å²) < 4.78 is 10.6. The lowest BCUT2D eigenvalue weighted by molar-refractivity contribution is -0.140.